The van der Waals surface area contributed by atoms with Crippen molar-refractivity contribution in [2.75, 3.05) is 10.0 Å². The predicted molar refractivity (Wildman–Crippen MR) is 302 cm³/mol. The maximum atomic E-state index is 14.3. The van der Waals surface area contributed by atoms with Crippen molar-refractivity contribution in [1.29, 1.82) is 0 Å². The summed E-state index contributed by atoms with van der Waals surface area (Å²) in [6.07, 6.45) is 0. The number of para-hydroxylation sites is 4. The number of fused-ring (bicyclic) bond motifs is 6. The zero-order chi connectivity index (χ0) is 49.1. The molecule has 0 fully saturated rings. The molecular formula is C64H42N4O2S3. The van der Waals surface area contributed by atoms with Crippen LogP contribution in [0.25, 0.3) is 22.3 Å². The molecular weight excluding hydrogens is 953 g/mol. The van der Waals surface area contributed by atoms with Gasteiger partial charge in [-0.3, -0.25) is 9.59 Å². The van der Waals surface area contributed by atoms with E-state index in [0.29, 0.717) is 11.1 Å². The van der Waals surface area contributed by atoms with Crippen molar-refractivity contribution in [3.8, 4) is 22.3 Å². The van der Waals surface area contributed by atoms with Gasteiger partial charge in [0, 0.05) is 64.1 Å². The number of hydrogen-bond acceptors (Lipinski definition) is 9. The SMILES string of the molecule is O=C(Sc1ccc(Sc2ccc(SC(=O)c3cccc4c3-c3ccccc3C4=NN(c3ccccc3)c3ccccc3)cc2)cc1)c1cccc2c1-c1ccccc1C2=NN(c1ccccc1)c1ccccc1. The molecule has 2 aliphatic rings. The van der Waals surface area contributed by atoms with Gasteiger partial charge in [-0.1, -0.05) is 157 Å². The Labute approximate surface area is 436 Å². The van der Waals surface area contributed by atoms with Gasteiger partial charge in [-0.2, -0.15) is 10.2 Å². The molecule has 0 amide bonds. The third-order valence-corrected chi connectivity index (χ3v) is 15.5. The number of carbonyl (C=O) groups is 2. The Morgan fingerprint density at radius 1 is 0.288 bits per heavy atom. The van der Waals surface area contributed by atoms with Crippen molar-refractivity contribution in [3.05, 3.63) is 288 Å². The Morgan fingerprint density at radius 2 is 0.575 bits per heavy atom. The van der Waals surface area contributed by atoms with Crippen LogP contribution in [0.5, 0.6) is 0 Å². The summed E-state index contributed by atoms with van der Waals surface area (Å²) in [5.41, 5.74) is 14.3. The van der Waals surface area contributed by atoms with Crippen molar-refractivity contribution in [1.82, 2.24) is 0 Å². The van der Waals surface area contributed by atoms with Gasteiger partial charge in [-0.25, -0.2) is 10.0 Å². The Morgan fingerprint density at radius 3 is 0.918 bits per heavy atom. The summed E-state index contributed by atoms with van der Waals surface area (Å²) in [7, 11) is 0. The van der Waals surface area contributed by atoms with Crippen LogP contribution in [0.15, 0.2) is 285 Å². The summed E-state index contributed by atoms with van der Waals surface area (Å²) < 4.78 is 0. The molecule has 2 aliphatic carbocycles. The number of rotatable bonds is 12. The largest absolute Gasteiger partial charge is 0.281 e. The zero-order valence-electron chi connectivity index (χ0n) is 39.1. The number of nitrogens with zero attached hydrogens (tertiary/aromatic N) is 4. The number of anilines is 4. The number of carbonyl (C=O) groups excluding carboxylic acids is 2. The van der Waals surface area contributed by atoms with Gasteiger partial charge in [0.15, 0.2) is 0 Å². The lowest BCUT2D eigenvalue weighted by molar-refractivity contribution is 0.108. The molecule has 73 heavy (non-hydrogen) atoms. The molecule has 0 radical (unpaired) electrons. The van der Waals surface area contributed by atoms with E-state index in [1.807, 2.05) is 228 Å². The second-order valence-electron chi connectivity index (χ2n) is 17.2. The van der Waals surface area contributed by atoms with Crippen LogP contribution in [0, 0.1) is 0 Å². The molecule has 9 heteroatoms. The molecule has 10 aromatic rings. The monoisotopic (exact) mass is 994 g/mol. The first-order valence-electron chi connectivity index (χ1n) is 23.8. The molecule has 10 aromatic carbocycles. The molecule has 0 heterocycles. The van der Waals surface area contributed by atoms with E-state index < -0.39 is 0 Å². The molecule has 0 aliphatic heterocycles. The van der Waals surface area contributed by atoms with Gasteiger partial charge in [-0.05, 0) is 144 Å². The van der Waals surface area contributed by atoms with E-state index in [-0.39, 0.29) is 10.2 Å². The van der Waals surface area contributed by atoms with Crippen LogP contribution in [0.2, 0.25) is 0 Å². The quantitative estimate of drug-likeness (QED) is 0.0892. The Kier molecular flexibility index (Phi) is 12.7. The highest BCUT2D eigenvalue weighted by Crippen LogP contribution is 2.45. The fourth-order valence-corrected chi connectivity index (χ4v) is 11.7. The third kappa shape index (κ3) is 9.22. The van der Waals surface area contributed by atoms with Crippen LogP contribution in [-0.2, 0) is 0 Å². The zero-order valence-corrected chi connectivity index (χ0v) is 41.5. The standard InChI is InChI=1S/C64H42N4O2S3/c69-63(57-33-17-31-55-59(57)51-27-13-15-29-53(51)61(55)65-67(43-19-5-1-6-20-43)44-21-7-2-8-22-44)72-49-39-35-47(36-40-49)71-48-37-41-50(42-38-48)73-64(70)58-34-18-32-56-60(58)52-28-14-16-30-54(52)62(56)66-68(45-23-9-3-10-24-45)46-25-11-4-12-26-46/h1-42H. The first kappa shape index (κ1) is 45.7. The van der Waals surface area contributed by atoms with Gasteiger partial charge in [0.1, 0.15) is 0 Å². The van der Waals surface area contributed by atoms with Crippen LogP contribution in [0.1, 0.15) is 43.0 Å². The molecule has 0 saturated heterocycles. The minimum atomic E-state index is -0.0325. The average Bonchev–Trinajstić information content (AvgIpc) is 3.95. The topological polar surface area (TPSA) is 65.3 Å². The van der Waals surface area contributed by atoms with Crippen molar-refractivity contribution >= 4 is 79.7 Å². The molecule has 0 bridgehead atoms. The smallest absolute Gasteiger partial charge is 0.224 e. The third-order valence-electron chi connectivity index (χ3n) is 12.7. The van der Waals surface area contributed by atoms with E-state index >= 15 is 0 Å². The maximum Gasteiger partial charge on any atom is 0.224 e. The van der Waals surface area contributed by atoms with Crippen molar-refractivity contribution in [2.45, 2.75) is 19.6 Å². The Hall–Kier alpha value is -8.47. The van der Waals surface area contributed by atoms with E-state index in [2.05, 4.69) is 36.4 Å². The highest BCUT2D eigenvalue weighted by molar-refractivity contribution is 8.14. The minimum absolute atomic E-state index is 0.0325. The molecule has 0 atom stereocenters. The predicted octanol–water partition coefficient (Wildman–Crippen LogP) is 16.8. The second kappa shape index (κ2) is 20.3. The molecule has 0 N–H and O–H groups in total. The van der Waals surface area contributed by atoms with Crippen molar-refractivity contribution in [2.24, 2.45) is 10.2 Å². The van der Waals surface area contributed by atoms with Gasteiger partial charge < -0.3 is 0 Å². The van der Waals surface area contributed by atoms with Gasteiger partial charge >= 0.3 is 0 Å². The summed E-state index contributed by atoms with van der Waals surface area (Å²) >= 11 is 4.09. The summed E-state index contributed by atoms with van der Waals surface area (Å²) in [5, 5.41) is 14.5. The highest BCUT2D eigenvalue weighted by atomic mass is 32.2. The van der Waals surface area contributed by atoms with E-state index in [1.165, 1.54) is 23.5 Å². The minimum Gasteiger partial charge on any atom is -0.281 e. The van der Waals surface area contributed by atoms with Gasteiger partial charge in [0.25, 0.3) is 0 Å². The number of hydrazone groups is 2. The molecule has 0 aromatic heterocycles. The van der Waals surface area contributed by atoms with Crippen LogP contribution in [-0.4, -0.2) is 21.7 Å². The molecule has 0 saturated carbocycles. The fourth-order valence-electron chi connectivity index (χ4n) is 9.36. The molecule has 0 spiro atoms. The van der Waals surface area contributed by atoms with Crippen LogP contribution in [0.3, 0.4) is 0 Å². The van der Waals surface area contributed by atoms with E-state index in [1.54, 1.807) is 11.8 Å². The summed E-state index contributed by atoms with van der Waals surface area (Å²) in [5.74, 6) is 0. The summed E-state index contributed by atoms with van der Waals surface area (Å²) in [4.78, 5) is 32.3. The van der Waals surface area contributed by atoms with Gasteiger partial charge in [0.2, 0.25) is 10.2 Å². The number of benzene rings is 10. The molecule has 348 valence electrons. The van der Waals surface area contributed by atoms with Crippen molar-refractivity contribution < 1.29 is 9.59 Å². The van der Waals surface area contributed by atoms with Crippen LogP contribution in [0.4, 0.5) is 22.7 Å². The average molecular weight is 995 g/mol. The summed E-state index contributed by atoms with van der Waals surface area (Å²) in [6.45, 7) is 0. The van der Waals surface area contributed by atoms with Gasteiger partial charge in [-0.15, -0.1) is 0 Å². The normalized spacial score (nSPS) is 13.0. The number of thioether (sulfide) groups is 2. The van der Waals surface area contributed by atoms with E-state index in [4.69, 9.17) is 10.2 Å². The lowest BCUT2D eigenvalue weighted by atomic mass is 10.0. The first-order valence-corrected chi connectivity index (χ1v) is 26.3. The molecule has 0 unspecified atom stereocenters. The molecule has 12 rings (SSSR count). The Bertz CT molecular complexity index is 3410. The van der Waals surface area contributed by atoms with Crippen LogP contribution < -0.4 is 10.0 Å². The fraction of sp³-hybridized carbons (Fsp3) is 0. The van der Waals surface area contributed by atoms with Crippen molar-refractivity contribution in [3.63, 3.8) is 0 Å². The second-order valence-corrected chi connectivity index (χ2v) is 20.5. The number of hydrogen-bond donors (Lipinski definition) is 0. The molecule has 6 nitrogen and oxygen atoms in total. The lowest BCUT2D eigenvalue weighted by Gasteiger charge is -2.21. The summed E-state index contributed by atoms with van der Waals surface area (Å²) in [6, 6.07) is 85.0. The highest BCUT2D eigenvalue weighted by Gasteiger charge is 2.32. The Balaban J connectivity index is 0.746. The first-order chi connectivity index (χ1) is 36.0. The van der Waals surface area contributed by atoms with Gasteiger partial charge in [0.05, 0.1) is 34.2 Å². The van der Waals surface area contributed by atoms with Crippen LogP contribution >= 0.6 is 35.3 Å². The lowest BCUT2D eigenvalue weighted by Crippen LogP contribution is -2.13. The van der Waals surface area contributed by atoms with E-state index in [0.717, 1.165) is 98.3 Å². The van der Waals surface area contributed by atoms with E-state index in [9.17, 15) is 9.59 Å². The maximum absolute atomic E-state index is 14.3.